The molecule has 1 aromatic heterocycles. The average molecular weight is 457 g/mol. The van der Waals surface area contributed by atoms with Gasteiger partial charge in [-0.15, -0.1) is 0 Å². The van der Waals surface area contributed by atoms with Gasteiger partial charge in [0.1, 0.15) is 0 Å². The Hall–Kier alpha value is -3.50. The number of sulfonamides is 1. The number of rotatable bonds is 8. The molecule has 0 unspecified atom stereocenters. The van der Waals surface area contributed by atoms with E-state index in [0.29, 0.717) is 5.56 Å². The van der Waals surface area contributed by atoms with Crippen LogP contribution in [-0.4, -0.2) is 36.9 Å². The van der Waals surface area contributed by atoms with Crippen LogP contribution in [0.1, 0.15) is 27.3 Å². The Bertz CT molecular complexity index is 1280. The van der Waals surface area contributed by atoms with Crippen LogP contribution in [0.2, 0.25) is 0 Å². The smallest absolute Gasteiger partial charge is 0.270 e. The first-order valence-corrected chi connectivity index (χ1v) is 11.4. The van der Waals surface area contributed by atoms with E-state index in [1.165, 1.54) is 18.2 Å². The molecule has 168 valence electrons. The van der Waals surface area contributed by atoms with Crippen LogP contribution in [0.3, 0.4) is 0 Å². The number of amides is 1. The predicted molar refractivity (Wildman–Crippen MR) is 121 cm³/mol. The van der Waals surface area contributed by atoms with E-state index < -0.39 is 14.9 Å². The third kappa shape index (κ3) is 4.87. The van der Waals surface area contributed by atoms with Gasteiger partial charge in [0.05, 0.1) is 15.4 Å². The summed E-state index contributed by atoms with van der Waals surface area (Å²) in [4.78, 5) is 22.7. The number of carbonyl (C=O) groups is 1. The first-order valence-electron chi connectivity index (χ1n) is 9.89. The number of carbonyl (C=O) groups excluding carboxylic acids is 1. The van der Waals surface area contributed by atoms with Gasteiger partial charge in [-0.2, -0.15) is 0 Å². The van der Waals surface area contributed by atoms with Crippen LogP contribution in [0, 0.1) is 30.9 Å². The molecule has 0 aliphatic heterocycles. The minimum atomic E-state index is -3.94. The maximum atomic E-state index is 12.7. The monoisotopic (exact) mass is 456 g/mol. The van der Waals surface area contributed by atoms with Crippen molar-refractivity contribution in [2.45, 2.75) is 25.7 Å². The molecule has 9 nitrogen and oxygen atoms in total. The zero-order valence-electron chi connectivity index (χ0n) is 18.0. The van der Waals surface area contributed by atoms with E-state index in [1.54, 1.807) is 6.07 Å². The SMILES string of the molecule is Cc1ccccc1-n1c(C)cc(C(=O)NCCNS(=O)(=O)c2cccc([N+](=O)[O-])c2)c1C. The molecule has 2 aromatic carbocycles. The second-order valence-electron chi connectivity index (χ2n) is 7.31. The molecule has 0 saturated carbocycles. The Labute approximate surface area is 186 Å². The number of hydrogen-bond donors (Lipinski definition) is 2. The summed E-state index contributed by atoms with van der Waals surface area (Å²) in [7, 11) is -3.94. The lowest BCUT2D eigenvalue weighted by Crippen LogP contribution is -2.34. The third-order valence-electron chi connectivity index (χ3n) is 5.07. The first kappa shape index (κ1) is 23.2. The standard InChI is InChI=1S/C22H24N4O5S/c1-15-7-4-5-10-21(15)25-16(2)13-20(17(25)3)22(27)23-11-12-24-32(30,31)19-9-6-8-18(14-19)26(28)29/h4-10,13-14,24H,11-12H2,1-3H3,(H,23,27). The van der Waals surface area contributed by atoms with Crippen LogP contribution in [0.25, 0.3) is 5.69 Å². The molecule has 0 radical (unpaired) electrons. The zero-order chi connectivity index (χ0) is 23.5. The Morgan fingerprint density at radius 3 is 2.44 bits per heavy atom. The number of hydrogen-bond acceptors (Lipinski definition) is 5. The van der Waals surface area contributed by atoms with E-state index in [2.05, 4.69) is 10.0 Å². The molecule has 10 heteroatoms. The number of para-hydroxylation sites is 1. The zero-order valence-corrected chi connectivity index (χ0v) is 18.8. The number of nitro groups is 1. The molecule has 0 fully saturated rings. The van der Waals surface area contributed by atoms with E-state index in [9.17, 15) is 23.3 Å². The van der Waals surface area contributed by atoms with Gasteiger partial charge in [-0.05, 0) is 44.5 Å². The lowest BCUT2D eigenvalue weighted by molar-refractivity contribution is -0.385. The fraction of sp³-hybridized carbons (Fsp3) is 0.227. The molecular weight excluding hydrogens is 432 g/mol. The van der Waals surface area contributed by atoms with Crippen molar-refractivity contribution < 1.29 is 18.1 Å². The molecule has 0 aliphatic rings. The van der Waals surface area contributed by atoms with Crippen LogP contribution < -0.4 is 10.0 Å². The molecule has 0 atom stereocenters. The highest BCUT2D eigenvalue weighted by Crippen LogP contribution is 2.23. The van der Waals surface area contributed by atoms with Crippen molar-refractivity contribution in [3.63, 3.8) is 0 Å². The van der Waals surface area contributed by atoms with E-state index in [4.69, 9.17) is 0 Å². The van der Waals surface area contributed by atoms with Crippen LogP contribution in [0.15, 0.2) is 59.5 Å². The average Bonchev–Trinajstić information content (AvgIpc) is 3.05. The number of aromatic nitrogens is 1. The summed E-state index contributed by atoms with van der Waals surface area (Å²) < 4.78 is 29.1. The number of nitrogens with zero attached hydrogens (tertiary/aromatic N) is 2. The van der Waals surface area contributed by atoms with Gasteiger partial charge in [0.15, 0.2) is 0 Å². The van der Waals surface area contributed by atoms with Gasteiger partial charge < -0.3 is 9.88 Å². The van der Waals surface area contributed by atoms with Crippen LogP contribution in [-0.2, 0) is 10.0 Å². The van der Waals surface area contributed by atoms with Gasteiger partial charge in [0.25, 0.3) is 11.6 Å². The number of aryl methyl sites for hydroxylation is 2. The van der Waals surface area contributed by atoms with Gasteiger partial charge in [-0.3, -0.25) is 14.9 Å². The van der Waals surface area contributed by atoms with Crippen molar-refractivity contribution in [1.29, 1.82) is 0 Å². The maximum Gasteiger partial charge on any atom is 0.270 e. The van der Waals surface area contributed by atoms with Crippen molar-refractivity contribution in [3.8, 4) is 5.69 Å². The molecule has 1 amide bonds. The normalized spacial score (nSPS) is 11.3. The summed E-state index contributed by atoms with van der Waals surface area (Å²) >= 11 is 0. The molecule has 3 rings (SSSR count). The Kier molecular flexibility index (Phi) is 6.75. The van der Waals surface area contributed by atoms with E-state index >= 15 is 0 Å². The maximum absolute atomic E-state index is 12.7. The minimum absolute atomic E-state index is 0.0566. The summed E-state index contributed by atoms with van der Waals surface area (Å²) in [5, 5.41) is 13.6. The third-order valence-corrected chi connectivity index (χ3v) is 6.53. The molecule has 0 saturated heterocycles. The number of benzene rings is 2. The van der Waals surface area contributed by atoms with Gasteiger partial charge in [0, 0.05) is 42.3 Å². The van der Waals surface area contributed by atoms with Crippen molar-refractivity contribution in [2.24, 2.45) is 0 Å². The first-order chi connectivity index (χ1) is 15.1. The van der Waals surface area contributed by atoms with Crippen molar-refractivity contribution >= 4 is 21.6 Å². The van der Waals surface area contributed by atoms with E-state index in [-0.39, 0.29) is 29.6 Å². The highest BCUT2D eigenvalue weighted by atomic mass is 32.2. The van der Waals surface area contributed by atoms with Crippen LogP contribution >= 0.6 is 0 Å². The highest BCUT2D eigenvalue weighted by molar-refractivity contribution is 7.89. The van der Waals surface area contributed by atoms with E-state index in [1.807, 2.05) is 49.6 Å². The molecule has 0 aliphatic carbocycles. The summed E-state index contributed by atoms with van der Waals surface area (Å²) in [5.74, 6) is -0.313. The Morgan fingerprint density at radius 2 is 1.75 bits per heavy atom. The number of nitro benzene ring substituents is 1. The summed E-state index contributed by atoms with van der Waals surface area (Å²) in [6.45, 7) is 5.78. The van der Waals surface area contributed by atoms with Gasteiger partial charge in [-0.25, -0.2) is 13.1 Å². The van der Waals surface area contributed by atoms with Crippen LogP contribution in [0.4, 0.5) is 5.69 Å². The van der Waals surface area contributed by atoms with Gasteiger partial charge in [-0.1, -0.05) is 24.3 Å². The molecule has 0 bridgehead atoms. The Morgan fingerprint density at radius 1 is 1.03 bits per heavy atom. The minimum Gasteiger partial charge on any atom is -0.351 e. The molecule has 1 heterocycles. The predicted octanol–water partition coefficient (Wildman–Crippen LogP) is 3.02. The lowest BCUT2D eigenvalue weighted by atomic mass is 10.2. The molecule has 2 N–H and O–H groups in total. The van der Waals surface area contributed by atoms with Gasteiger partial charge in [0.2, 0.25) is 10.0 Å². The van der Waals surface area contributed by atoms with Crippen molar-refractivity contribution in [3.05, 3.63) is 87.2 Å². The lowest BCUT2D eigenvalue weighted by Gasteiger charge is -2.13. The summed E-state index contributed by atoms with van der Waals surface area (Å²) in [6, 6.07) is 14.5. The molecule has 3 aromatic rings. The fourth-order valence-corrected chi connectivity index (χ4v) is 4.55. The quantitative estimate of drug-likeness (QED) is 0.306. The van der Waals surface area contributed by atoms with Crippen LogP contribution in [0.5, 0.6) is 0 Å². The number of nitrogens with one attached hydrogen (secondary N) is 2. The van der Waals surface area contributed by atoms with Crippen molar-refractivity contribution in [1.82, 2.24) is 14.6 Å². The molecular formula is C22H24N4O5S. The highest BCUT2D eigenvalue weighted by Gasteiger charge is 2.19. The Balaban J connectivity index is 1.65. The van der Waals surface area contributed by atoms with Crippen molar-refractivity contribution in [2.75, 3.05) is 13.1 Å². The van der Waals surface area contributed by atoms with Gasteiger partial charge >= 0.3 is 0 Å². The second kappa shape index (κ2) is 9.33. The molecule has 0 spiro atoms. The fourth-order valence-electron chi connectivity index (χ4n) is 3.48. The van der Waals surface area contributed by atoms with E-state index in [0.717, 1.165) is 28.7 Å². The summed E-state index contributed by atoms with van der Waals surface area (Å²) in [6.07, 6.45) is 0. The summed E-state index contributed by atoms with van der Waals surface area (Å²) in [5.41, 5.74) is 3.96. The topological polar surface area (TPSA) is 123 Å². The largest absolute Gasteiger partial charge is 0.351 e. The number of non-ortho nitro benzene ring substituents is 1. The molecule has 32 heavy (non-hydrogen) atoms. The second-order valence-corrected chi connectivity index (χ2v) is 9.08.